The van der Waals surface area contributed by atoms with Crippen molar-refractivity contribution in [2.75, 3.05) is 40.3 Å². The van der Waals surface area contributed by atoms with Crippen LogP contribution >= 0.6 is 0 Å². The van der Waals surface area contributed by atoms with E-state index in [0.29, 0.717) is 18.5 Å². The van der Waals surface area contributed by atoms with Crippen molar-refractivity contribution in [2.24, 2.45) is 0 Å². The number of hydrogen-bond donors (Lipinski definition) is 1. The Kier molecular flexibility index (Phi) is 6.32. The molecule has 1 aromatic rings. The molecule has 5 heteroatoms. The van der Waals surface area contributed by atoms with Gasteiger partial charge in [0.15, 0.2) is 0 Å². The Morgan fingerprint density at radius 1 is 1.16 bits per heavy atom. The molecule has 138 valence electrons. The zero-order chi connectivity index (χ0) is 17.6. The van der Waals surface area contributed by atoms with E-state index in [4.69, 9.17) is 4.74 Å². The quantitative estimate of drug-likeness (QED) is 0.885. The van der Waals surface area contributed by atoms with Crippen molar-refractivity contribution in [2.45, 2.75) is 44.2 Å². The minimum Gasteiger partial charge on any atom is -0.497 e. The molecule has 1 aromatic carbocycles. The van der Waals surface area contributed by atoms with E-state index in [1.165, 1.54) is 38.9 Å². The SMILES string of the molecule is COc1ccc(CC(=O)N[C@H]2CCCN(C3CCN(C)CC3)C2)cc1. The third-order valence-corrected chi connectivity index (χ3v) is 5.55. The first-order valence-electron chi connectivity index (χ1n) is 9.49. The van der Waals surface area contributed by atoms with Gasteiger partial charge in [0.05, 0.1) is 13.5 Å². The third-order valence-electron chi connectivity index (χ3n) is 5.55. The van der Waals surface area contributed by atoms with E-state index >= 15 is 0 Å². The van der Waals surface area contributed by atoms with Crippen LogP contribution in [0.3, 0.4) is 0 Å². The van der Waals surface area contributed by atoms with Gasteiger partial charge in [-0.05, 0) is 70.1 Å². The maximum atomic E-state index is 12.4. The fourth-order valence-corrected chi connectivity index (χ4v) is 4.02. The standard InChI is InChI=1S/C20H31N3O2/c1-22-12-9-18(10-13-22)23-11-3-4-17(15-23)21-20(24)14-16-5-7-19(25-2)8-6-16/h5-8,17-18H,3-4,9-15H2,1-2H3,(H,21,24)/t17-/m0/s1. The summed E-state index contributed by atoms with van der Waals surface area (Å²) in [4.78, 5) is 17.4. The lowest BCUT2D eigenvalue weighted by Crippen LogP contribution is -2.53. The minimum absolute atomic E-state index is 0.125. The van der Waals surface area contributed by atoms with Crippen molar-refractivity contribution >= 4 is 5.91 Å². The Bertz CT molecular complexity index is 553. The molecule has 2 aliphatic heterocycles. The van der Waals surface area contributed by atoms with Gasteiger partial charge in [0.1, 0.15) is 5.75 Å². The summed E-state index contributed by atoms with van der Waals surface area (Å²) in [5, 5.41) is 3.25. The van der Waals surface area contributed by atoms with Gasteiger partial charge in [-0.15, -0.1) is 0 Å². The molecule has 0 spiro atoms. The molecule has 2 heterocycles. The number of nitrogens with one attached hydrogen (secondary N) is 1. The summed E-state index contributed by atoms with van der Waals surface area (Å²) < 4.78 is 5.16. The van der Waals surface area contributed by atoms with Gasteiger partial charge in [0.2, 0.25) is 5.91 Å². The first kappa shape index (κ1) is 18.2. The Labute approximate surface area is 151 Å². The van der Waals surface area contributed by atoms with Crippen molar-refractivity contribution < 1.29 is 9.53 Å². The van der Waals surface area contributed by atoms with Crippen LogP contribution in [0.2, 0.25) is 0 Å². The van der Waals surface area contributed by atoms with E-state index in [-0.39, 0.29) is 5.91 Å². The predicted octanol–water partition coefficient (Wildman–Crippen LogP) is 1.91. The number of hydrogen-bond acceptors (Lipinski definition) is 4. The van der Waals surface area contributed by atoms with Crippen LogP contribution in [0.1, 0.15) is 31.2 Å². The molecular weight excluding hydrogens is 314 g/mol. The molecule has 25 heavy (non-hydrogen) atoms. The number of nitrogens with zero attached hydrogens (tertiary/aromatic N) is 2. The Morgan fingerprint density at radius 2 is 1.88 bits per heavy atom. The van der Waals surface area contributed by atoms with Crippen LogP contribution in [0.5, 0.6) is 5.75 Å². The van der Waals surface area contributed by atoms with Crippen LogP contribution in [-0.2, 0) is 11.2 Å². The van der Waals surface area contributed by atoms with E-state index in [1.807, 2.05) is 24.3 Å². The minimum atomic E-state index is 0.125. The molecule has 0 radical (unpaired) electrons. The van der Waals surface area contributed by atoms with Gasteiger partial charge in [0.25, 0.3) is 0 Å². The topological polar surface area (TPSA) is 44.8 Å². The fraction of sp³-hybridized carbons (Fsp3) is 0.650. The molecule has 1 amide bonds. The third kappa shape index (κ3) is 5.19. The largest absolute Gasteiger partial charge is 0.497 e. The second-order valence-electron chi connectivity index (χ2n) is 7.46. The number of carbonyl (C=O) groups is 1. The zero-order valence-corrected chi connectivity index (χ0v) is 15.5. The number of piperidine rings is 2. The summed E-state index contributed by atoms with van der Waals surface area (Å²) in [5.41, 5.74) is 1.03. The molecule has 5 nitrogen and oxygen atoms in total. The molecule has 2 saturated heterocycles. The zero-order valence-electron chi connectivity index (χ0n) is 15.5. The van der Waals surface area contributed by atoms with Gasteiger partial charge in [0, 0.05) is 18.6 Å². The Balaban J connectivity index is 1.47. The first-order valence-corrected chi connectivity index (χ1v) is 9.49. The van der Waals surface area contributed by atoms with Crippen LogP contribution in [0.15, 0.2) is 24.3 Å². The summed E-state index contributed by atoms with van der Waals surface area (Å²) in [5.74, 6) is 0.950. The van der Waals surface area contributed by atoms with Crippen LogP contribution in [-0.4, -0.2) is 68.1 Å². The van der Waals surface area contributed by atoms with Gasteiger partial charge in [-0.2, -0.15) is 0 Å². The fourth-order valence-electron chi connectivity index (χ4n) is 4.02. The smallest absolute Gasteiger partial charge is 0.224 e. The lowest BCUT2D eigenvalue weighted by atomic mass is 9.98. The van der Waals surface area contributed by atoms with Crippen molar-refractivity contribution in [1.82, 2.24) is 15.1 Å². The van der Waals surface area contributed by atoms with Gasteiger partial charge in [-0.25, -0.2) is 0 Å². The van der Waals surface area contributed by atoms with E-state index in [9.17, 15) is 4.79 Å². The first-order chi connectivity index (χ1) is 12.1. The molecule has 2 aliphatic rings. The van der Waals surface area contributed by atoms with Crippen LogP contribution in [0.25, 0.3) is 0 Å². The van der Waals surface area contributed by atoms with Gasteiger partial charge < -0.3 is 15.0 Å². The summed E-state index contributed by atoms with van der Waals surface area (Å²) >= 11 is 0. The van der Waals surface area contributed by atoms with Crippen molar-refractivity contribution in [1.29, 1.82) is 0 Å². The molecule has 1 N–H and O–H groups in total. The van der Waals surface area contributed by atoms with Gasteiger partial charge in [-0.1, -0.05) is 12.1 Å². The lowest BCUT2D eigenvalue weighted by molar-refractivity contribution is -0.121. The molecule has 0 aromatic heterocycles. The van der Waals surface area contributed by atoms with Crippen molar-refractivity contribution in [3.05, 3.63) is 29.8 Å². The van der Waals surface area contributed by atoms with Gasteiger partial charge in [-0.3, -0.25) is 9.69 Å². The molecule has 0 aliphatic carbocycles. The maximum absolute atomic E-state index is 12.4. The van der Waals surface area contributed by atoms with Crippen LogP contribution in [0, 0.1) is 0 Å². The summed E-state index contributed by atoms with van der Waals surface area (Å²) in [6.45, 7) is 4.56. The number of methoxy groups -OCH3 is 1. The maximum Gasteiger partial charge on any atom is 0.224 e. The normalized spacial score (nSPS) is 23.4. The van der Waals surface area contributed by atoms with Crippen molar-refractivity contribution in [3.8, 4) is 5.75 Å². The second kappa shape index (κ2) is 8.68. The van der Waals surface area contributed by atoms with E-state index in [0.717, 1.165) is 24.3 Å². The van der Waals surface area contributed by atoms with E-state index in [2.05, 4.69) is 22.2 Å². The highest BCUT2D eigenvalue weighted by Crippen LogP contribution is 2.20. The molecule has 0 bridgehead atoms. The van der Waals surface area contributed by atoms with Crippen molar-refractivity contribution in [3.63, 3.8) is 0 Å². The molecule has 1 atom stereocenters. The molecular formula is C20H31N3O2. The second-order valence-corrected chi connectivity index (χ2v) is 7.46. The molecule has 0 unspecified atom stereocenters. The predicted molar refractivity (Wildman–Crippen MR) is 100.0 cm³/mol. The molecule has 0 saturated carbocycles. The van der Waals surface area contributed by atoms with Crippen LogP contribution in [0.4, 0.5) is 0 Å². The molecule has 2 fully saturated rings. The lowest BCUT2D eigenvalue weighted by Gasteiger charge is -2.41. The Hall–Kier alpha value is -1.59. The number of rotatable bonds is 5. The average Bonchev–Trinajstić information content (AvgIpc) is 2.63. The van der Waals surface area contributed by atoms with E-state index < -0.39 is 0 Å². The van der Waals surface area contributed by atoms with Crippen LogP contribution < -0.4 is 10.1 Å². The summed E-state index contributed by atoms with van der Waals surface area (Å²) in [6.07, 6.45) is 5.22. The summed E-state index contributed by atoms with van der Waals surface area (Å²) in [6, 6.07) is 8.72. The highest BCUT2D eigenvalue weighted by atomic mass is 16.5. The number of carbonyl (C=O) groups excluding carboxylic acids is 1. The number of amides is 1. The monoisotopic (exact) mass is 345 g/mol. The highest BCUT2D eigenvalue weighted by molar-refractivity contribution is 5.78. The van der Waals surface area contributed by atoms with Gasteiger partial charge >= 0.3 is 0 Å². The number of likely N-dealkylation sites (tertiary alicyclic amines) is 2. The summed E-state index contributed by atoms with van der Waals surface area (Å²) in [7, 11) is 3.86. The number of ether oxygens (including phenoxy) is 1. The highest BCUT2D eigenvalue weighted by Gasteiger charge is 2.28. The Morgan fingerprint density at radius 3 is 2.56 bits per heavy atom. The average molecular weight is 345 g/mol. The number of benzene rings is 1. The molecule has 3 rings (SSSR count). The van der Waals surface area contributed by atoms with E-state index in [1.54, 1.807) is 7.11 Å².